The summed E-state index contributed by atoms with van der Waals surface area (Å²) in [6, 6.07) is 6.86. The van der Waals surface area contributed by atoms with Gasteiger partial charge in [-0.05, 0) is 44.5 Å². The highest BCUT2D eigenvalue weighted by atomic mass is 35.5. The van der Waals surface area contributed by atoms with Crippen LogP contribution in [0.5, 0.6) is 0 Å². The van der Waals surface area contributed by atoms with Gasteiger partial charge >= 0.3 is 0 Å². The van der Waals surface area contributed by atoms with Crippen molar-refractivity contribution in [2.45, 2.75) is 57.5 Å². The Morgan fingerprint density at radius 2 is 2.00 bits per heavy atom. The molecule has 0 radical (unpaired) electrons. The third-order valence-corrected chi connectivity index (χ3v) is 5.91. The van der Waals surface area contributed by atoms with E-state index in [1.807, 2.05) is 23.8 Å². The molecule has 2 N–H and O–H groups in total. The zero-order chi connectivity index (χ0) is 21.6. The van der Waals surface area contributed by atoms with Crippen LogP contribution in [-0.2, 0) is 9.47 Å². The van der Waals surface area contributed by atoms with E-state index in [9.17, 15) is 10.2 Å². The van der Waals surface area contributed by atoms with Gasteiger partial charge in [-0.25, -0.2) is 9.97 Å². The van der Waals surface area contributed by atoms with Crippen LogP contribution in [0.1, 0.15) is 43.9 Å². The summed E-state index contributed by atoms with van der Waals surface area (Å²) in [5.41, 5.74) is 2.16. The van der Waals surface area contributed by atoms with E-state index in [0.717, 1.165) is 16.7 Å². The summed E-state index contributed by atoms with van der Waals surface area (Å²) in [5, 5.41) is 22.9. The molecule has 7 nitrogen and oxygen atoms in total. The minimum Gasteiger partial charge on any atom is -0.386 e. The second-order valence-electron chi connectivity index (χ2n) is 7.93. The second kappa shape index (κ2) is 8.07. The van der Waals surface area contributed by atoms with E-state index in [-0.39, 0.29) is 0 Å². The normalized spacial score (nSPS) is 23.2. The molecule has 1 saturated heterocycles. The smallest absolute Gasteiger partial charge is 0.160 e. The number of ether oxygens (including phenoxy) is 2. The predicted octanol–water partition coefficient (Wildman–Crippen LogP) is 4.18. The lowest BCUT2D eigenvalue weighted by molar-refractivity contribution is -0.223. The quantitative estimate of drug-likeness (QED) is 0.565. The molecule has 3 heterocycles. The number of rotatable bonds is 5. The molecule has 0 saturated carbocycles. The van der Waals surface area contributed by atoms with Crippen molar-refractivity contribution in [3.05, 3.63) is 58.1 Å². The van der Waals surface area contributed by atoms with Gasteiger partial charge in [0.2, 0.25) is 0 Å². The highest BCUT2D eigenvalue weighted by Gasteiger charge is 2.44. The summed E-state index contributed by atoms with van der Waals surface area (Å²) >= 11 is 12.1. The summed E-state index contributed by atoms with van der Waals surface area (Å²) in [6.07, 6.45) is 1.03. The van der Waals surface area contributed by atoms with Crippen LogP contribution in [0.4, 0.5) is 0 Å². The highest BCUT2D eigenvalue weighted by molar-refractivity contribution is 6.42. The largest absolute Gasteiger partial charge is 0.386 e. The lowest BCUT2D eigenvalue weighted by Crippen LogP contribution is -2.37. The van der Waals surface area contributed by atoms with Crippen molar-refractivity contribution >= 4 is 34.2 Å². The Morgan fingerprint density at radius 1 is 1.23 bits per heavy atom. The molecule has 9 heteroatoms. The summed E-state index contributed by atoms with van der Waals surface area (Å²) in [4.78, 5) is 8.61. The van der Waals surface area contributed by atoms with E-state index >= 15 is 0 Å². The number of benzene rings is 1. The van der Waals surface area contributed by atoms with E-state index in [1.165, 1.54) is 6.33 Å². The lowest BCUT2D eigenvalue weighted by atomic mass is 10.00. The van der Waals surface area contributed by atoms with E-state index in [2.05, 4.69) is 9.97 Å². The molecular weight excluding hydrogens is 429 g/mol. The second-order valence-corrected chi connectivity index (χ2v) is 8.75. The molecule has 2 aromatic heterocycles. The minimum atomic E-state index is -1.39. The van der Waals surface area contributed by atoms with Crippen LogP contribution in [0.2, 0.25) is 10.0 Å². The minimum absolute atomic E-state index is 0.339. The number of aliphatic hydroxyl groups excluding tert-OH is 1. The van der Waals surface area contributed by atoms with Gasteiger partial charge in [0.15, 0.2) is 5.79 Å². The molecule has 160 valence electrons. The first-order valence-electron chi connectivity index (χ1n) is 9.61. The van der Waals surface area contributed by atoms with Crippen molar-refractivity contribution in [3.63, 3.8) is 0 Å². The van der Waals surface area contributed by atoms with Crippen LogP contribution < -0.4 is 0 Å². The standard InChI is InChI=1S/C21H23Cl2N3O4/c1-11-13-6-7-26(20(13)25-10-24-11)17-9-16(30-21(2,3)28)19(29-17)18(27)12-4-5-14(22)15(23)8-12/h4-8,10,16-19,27-28H,9H2,1-3H3/t16-,17?,18?,19-/m0/s1. The SMILES string of the molecule is Cc1ncnc2c1ccn2C1C[C@H](OC(C)(C)O)[C@@H](C(O)c2ccc(Cl)c(Cl)c2)O1. The molecule has 1 aliphatic heterocycles. The van der Waals surface area contributed by atoms with Crippen LogP contribution in [0.25, 0.3) is 11.0 Å². The first-order chi connectivity index (χ1) is 14.1. The van der Waals surface area contributed by atoms with E-state index in [1.54, 1.807) is 32.0 Å². The van der Waals surface area contributed by atoms with Gasteiger partial charge in [0.25, 0.3) is 0 Å². The van der Waals surface area contributed by atoms with E-state index in [4.69, 9.17) is 32.7 Å². The molecule has 1 aromatic carbocycles. The lowest BCUT2D eigenvalue weighted by Gasteiger charge is -2.29. The molecule has 2 unspecified atom stereocenters. The topological polar surface area (TPSA) is 89.6 Å². The summed E-state index contributed by atoms with van der Waals surface area (Å²) in [7, 11) is 0. The van der Waals surface area contributed by atoms with Crippen molar-refractivity contribution < 1.29 is 19.7 Å². The average Bonchev–Trinajstić information content (AvgIpc) is 3.27. The van der Waals surface area contributed by atoms with Crippen LogP contribution in [-0.4, -0.2) is 42.7 Å². The van der Waals surface area contributed by atoms with Crippen LogP contribution in [0.3, 0.4) is 0 Å². The van der Waals surface area contributed by atoms with Crippen molar-refractivity contribution in [2.75, 3.05) is 0 Å². The molecule has 0 amide bonds. The Balaban J connectivity index is 1.67. The van der Waals surface area contributed by atoms with Crippen LogP contribution >= 0.6 is 23.2 Å². The first-order valence-corrected chi connectivity index (χ1v) is 10.4. The predicted molar refractivity (Wildman–Crippen MR) is 113 cm³/mol. The summed E-state index contributed by atoms with van der Waals surface area (Å²) < 4.78 is 14.0. The molecular formula is C21H23Cl2N3O4. The molecule has 4 rings (SSSR count). The van der Waals surface area contributed by atoms with Gasteiger partial charge < -0.3 is 24.3 Å². The molecule has 30 heavy (non-hydrogen) atoms. The number of hydrogen-bond donors (Lipinski definition) is 2. The Kier molecular flexibility index (Phi) is 5.78. The molecule has 4 atom stereocenters. The van der Waals surface area contributed by atoms with Gasteiger partial charge in [0, 0.05) is 18.0 Å². The van der Waals surface area contributed by atoms with E-state index < -0.39 is 30.3 Å². The fourth-order valence-electron chi connectivity index (χ4n) is 3.82. The maximum Gasteiger partial charge on any atom is 0.160 e. The number of aliphatic hydroxyl groups is 2. The van der Waals surface area contributed by atoms with E-state index in [0.29, 0.717) is 22.0 Å². The van der Waals surface area contributed by atoms with Crippen LogP contribution in [0.15, 0.2) is 36.8 Å². The number of aryl methyl sites for hydroxylation is 1. The molecule has 1 fully saturated rings. The summed E-state index contributed by atoms with van der Waals surface area (Å²) in [5.74, 6) is -1.39. The Bertz CT molecular complexity index is 1070. The molecule has 0 bridgehead atoms. The van der Waals surface area contributed by atoms with Crippen molar-refractivity contribution in [2.24, 2.45) is 0 Å². The van der Waals surface area contributed by atoms with Gasteiger partial charge in [-0.2, -0.15) is 0 Å². The van der Waals surface area contributed by atoms with Crippen molar-refractivity contribution in [1.82, 2.24) is 14.5 Å². The van der Waals surface area contributed by atoms with Gasteiger partial charge in [-0.15, -0.1) is 0 Å². The van der Waals surface area contributed by atoms with Gasteiger partial charge in [0.1, 0.15) is 30.4 Å². The van der Waals surface area contributed by atoms with Crippen LogP contribution in [0, 0.1) is 6.92 Å². The third kappa shape index (κ3) is 4.19. The highest BCUT2D eigenvalue weighted by Crippen LogP contribution is 2.40. The van der Waals surface area contributed by atoms with Gasteiger partial charge in [-0.1, -0.05) is 29.3 Å². The maximum absolute atomic E-state index is 11.1. The monoisotopic (exact) mass is 451 g/mol. The molecule has 3 aromatic rings. The molecule has 0 spiro atoms. The average molecular weight is 452 g/mol. The Labute approximate surface area is 184 Å². The fourth-order valence-corrected chi connectivity index (χ4v) is 4.12. The van der Waals surface area contributed by atoms with Crippen molar-refractivity contribution in [3.8, 4) is 0 Å². The Morgan fingerprint density at radius 3 is 2.70 bits per heavy atom. The van der Waals surface area contributed by atoms with Gasteiger partial charge in [0.05, 0.1) is 21.8 Å². The molecule has 0 aliphatic carbocycles. The maximum atomic E-state index is 11.1. The van der Waals surface area contributed by atoms with Crippen molar-refractivity contribution in [1.29, 1.82) is 0 Å². The number of hydrogen-bond acceptors (Lipinski definition) is 6. The Hall–Kier alpha value is -1.74. The number of aromatic nitrogens is 3. The zero-order valence-electron chi connectivity index (χ0n) is 16.8. The number of nitrogens with zero attached hydrogens (tertiary/aromatic N) is 3. The third-order valence-electron chi connectivity index (χ3n) is 5.17. The summed E-state index contributed by atoms with van der Waals surface area (Å²) in [6.45, 7) is 5.01. The van der Waals surface area contributed by atoms with Gasteiger partial charge in [-0.3, -0.25) is 0 Å². The zero-order valence-corrected chi connectivity index (χ0v) is 18.3. The fraction of sp³-hybridized carbons (Fsp3) is 0.429. The number of halogens is 2. The molecule has 1 aliphatic rings. The number of fused-ring (bicyclic) bond motifs is 1. The first kappa shape index (κ1) is 21.5.